The van der Waals surface area contributed by atoms with E-state index in [1.807, 2.05) is 44.2 Å². The Morgan fingerprint density at radius 2 is 1.31 bits per heavy atom. The van der Waals surface area contributed by atoms with Gasteiger partial charge in [0.2, 0.25) is 0 Å². The number of ketones is 1. The molecular weight excluding hydrogens is 388 g/mol. The maximum absolute atomic E-state index is 11.2. The van der Waals surface area contributed by atoms with E-state index >= 15 is 0 Å². The summed E-state index contributed by atoms with van der Waals surface area (Å²) in [4.78, 5) is 11.2. The number of Topliss-reactive ketones (excluding diaryl/α,β-unsaturated/α-hetero) is 1. The highest BCUT2D eigenvalue weighted by atomic mass is 16.1. The second kappa shape index (κ2) is 13.7. The summed E-state index contributed by atoms with van der Waals surface area (Å²) in [5, 5.41) is 0. The lowest BCUT2D eigenvalue weighted by molar-refractivity contribution is -0.113. The van der Waals surface area contributed by atoms with Crippen molar-refractivity contribution in [1.29, 1.82) is 0 Å². The van der Waals surface area contributed by atoms with E-state index in [0.717, 1.165) is 11.1 Å². The number of hydrogen-bond acceptors (Lipinski definition) is 1. The lowest BCUT2D eigenvalue weighted by Gasteiger charge is -2.36. The maximum atomic E-state index is 11.2. The molecule has 0 aromatic rings. The van der Waals surface area contributed by atoms with E-state index in [9.17, 15) is 4.79 Å². The summed E-state index contributed by atoms with van der Waals surface area (Å²) in [6, 6.07) is 0. The van der Waals surface area contributed by atoms with Gasteiger partial charge in [-0.05, 0) is 65.4 Å². The molecule has 0 N–H and O–H groups in total. The molecule has 1 aliphatic carbocycles. The predicted molar refractivity (Wildman–Crippen MR) is 143 cm³/mol. The fourth-order valence-corrected chi connectivity index (χ4v) is 3.63. The Kier molecular flexibility index (Phi) is 11.7. The zero-order valence-electron chi connectivity index (χ0n) is 21.4. The van der Waals surface area contributed by atoms with Gasteiger partial charge in [-0.2, -0.15) is 0 Å². The quantitative estimate of drug-likeness (QED) is 0.203. The summed E-state index contributed by atoms with van der Waals surface area (Å²) in [7, 11) is 0. The van der Waals surface area contributed by atoms with Crippen LogP contribution in [-0.2, 0) is 4.79 Å². The van der Waals surface area contributed by atoms with Crippen LogP contribution in [0.25, 0.3) is 0 Å². The Bertz CT molecular complexity index is 918. The van der Waals surface area contributed by atoms with Gasteiger partial charge < -0.3 is 0 Å². The minimum Gasteiger partial charge on any atom is -0.295 e. The number of carbonyl (C=O) groups excluding carboxylic acids is 1. The fraction of sp³-hybridized carbons (Fsp3) is 0.387. The van der Waals surface area contributed by atoms with Crippen LogP contribution in [0.3, 0.4) is 0 Å². The Morgan fingerprint density at radius 3 is 1.84 bits per heavy atom. The van der Waals surface area contributed by atoms with Crippen molar-refractivity contribution >= 4 is 5.78 Å². The van der Waals surface area contributed by atoms with Gasteiger partial charge in [0.05, 0.1) is 0 Å². The molecule has 1 atom stereocenters. The number of allylic oxidation sites excluding steroid dienone is 18. The molecule has 1 unspecified atom stereocenters. The van der Waals surface area contributed by atoms with Crippen molar-refractivity contribution in [2.75, 3.05) is 0 Å². The van der Waals surface area contributed by atoms with Crippen LogP contribution in [0.5, 0.6) is 0 Å². The normalized spacial score (nSPS) is 21.4. The molecule has 0 aliphatic heterocycles. The van der Waals surface area contributed by atoms with Gasteiger partial charge in [0.15, 0.2) is 5.78 Å². The molecule has 1 aliphatic rings. The molecule has 0 amide bonds. The third-order valence-corrected chi connectivity index (χ3v) is 5.95. The average molecular weight is 431 g/mol. The van der Waals surface area contributed by atoms with E-state index in [-0.39, 0.29) is 5.78 Å². The number of hydrogen-bond donors (Lipinski definition) is 0. The van der Waals surface area contributed by atoms with Crippen LogP contribution < -0.4 is 0 Å². The highest BCUT2D eigenvalue weighted by Crippen LogP contribution is 2.41. The van der Waals surface area contributed by atoms with E-state index in [1.54, 1.807) is 6.92 Å². The van der Waals surface area contributed by atoms with Crippen molar-refractivity contribution in [3.8, 4) is 0 Å². The van der Waals surface area contributed by atoms with Crippen LogP contribution >= 0.6 is 0 Å². The van der Waals surface area contributed by atoms with E-state index < -0.39 is 0 Å². The third-order valence-electron chi connectivity index (χ3n) is 5.95. The van der Waals surface area contributed by atoms with Gasteiger partial charge in [0.25, 0.3) is 0 Å². The Morgan fingerprint density at radius 1 is 0.812 bits per heavy atom. The number of carbonyl (C=O) groups is 1. The van der Waals surface area contributed by atoms with Crippen molar-refractivity contribution in [3.63, 3.8) is 0 Å². The molecule has 0 heterocycles. The minimum atomic E-state index is 0.103. The van der Waals surface area contributed by atoms with Crippen molar-refractivity contribution < 1.29 is 4.79 Å². The lowest BCUT2D eigenvalue weighted by atomic mass is 9.68. The Hall–Kier alpha value is -2.67. The standard InChI is InChI=1S/C31H42O/c1-24(14-9-10-15-25(2)18-12-19-27(4)29(6)32)16-11-17-26(3)21-22-30-28(5)20-13-23-31(30,7)8/h9-12,14-22,30H,13,23H2,1-8H3/b10-9+,16-11+,18-12+,22-21+,24-14+,25-15+,26-17+,27-19+. The molecule has 172 valence electrons. The monoisotopic (exact) mass is 430 g/mol. The second-order valence-corrected chi connectivity index (χ2v) is 9.55. The summed E-state index contributed by atoms with van der Waals surface area (Å²) in [6.07, 6.45) is 29.9. The highest BCUT2D eigenvalue weighted by Gasteiger charge is 2.30. The first-order valence-electron chi connectivity index (χ1n) is 11.6. The fourth-order valence-electron chi connectivity index (χ4n) is 3.63. The Labute approximate surface area is 197 Å². The molecule has 0 bridgehead atoms. The highest BCUT2D eigenvalue weighted by molar-refractivity contribution is 5.92. The summed E-state index contributed by atoms with van der Waals surface area (Å²) in [6.45, 7) is 16.7. The average Bonchev–Trinajstić information content (AvgIpc) is 2.70. The first kappa shape index (κ1) is 27.4. The minimum absolute atomic E-state index is 0.103. The first-order chi connectivity index (χ1) is 15.0. The maximum Gasteiger partial charge on any atom is 0.155 e. The van der Waals surface area contributed by atoms with Crippen molar-refractivity contribution in [3.05, 3.63) is 107 Å². The van der Waals surface area contributed by atoms with E-state index in [1.165, 1.54) is 29.6 Å². The number of rotatable bonds is 9. The molecule has 0 aromatic carbocycles. The van der Waals surface area contributed by atoms with Crippen LogP contribution in [0, 0.1) is 11.3 Å². The second-order valence-electron chi connectivity index (χ2n) is 9.55. The molecular formula is C31H42O. The summed E-state index contributed by atoms with van der Waals surface area (Å²) >= 11 is 0. The largest absolute Gasteiger partial charge is 0.295 e. The van der Waals surface area contributed by atoms with E-state index in [2.05, 4.69) is 83.2 Å². The first-order valence-corrected chi connectivity index (χ1v) is 11.6. The summed E-state index contributed by atoms with van der Waals surface area (Å²) < 4.78 is 0. The predicted octanol–water partition coefficient (Wildman–Crippen LogP) is 8.97. The molecule has 0 saturated carbocycles. The molecule has 0 aromatic heterocycles. The van der Waals surface area contributed by atoms with Gasteiger partial charge in [-0.15, -0.1) is 0 Å². The van der Waals surface area contributed by atoms with Crippen LogP contribution in [0.2, 0.25) is 0 Å². The van der Waals surface area contributed by atoms with Crippen LogP contribution in [0.15, 0.2) is 107 Å². The van der Waals surface area contributed by atoms with Gasteiger partial charge >= 0.3 is 0 Å². The topological polar surface area (TPSA) is 17.1 Å². The Balaban J connectivity index is 2.63. The zero-order valence-corrected chi connectivity index (χ0v) is 21.4. The van der Waals surface area contributed by atoms with Crippen LogP contribution in [0.4, 0.5) is 0 Å². The van der Waals surface area contributed by atoms with Gasteiger partial charge in [-0.25, -0.2) is 0 Å². The third kappa shape index (κ3) is 10.6. The smallest absolute Gasteiger partial charge is 0.155 e. The van der Waals surface area contributed by atoms with Crippen LogP contribution in [0.1, 0.15) is 68.2 Å². The van der Waals surface area contributed by atoms with Gasteiger partial charge in [-0.1, -0.05) is 115 Å². The summed E-state index contributed by atoms with van der Waals surface area (Å²) in [5.74, 6) is 0.627. The van der Waals surface area contributed by atoms with Crippen LogP contribution in [-0.4, -0.2) is 5.78 Å². The summed E-state index contributed by atoms with van der Waals surface area (Å²) in [5.41, 5.74) is 6.19. The van der Waals surface area contributed by atoms with Crippen molar-refractivity contribution in [1.82, 2.24) is 0 Å². The molecule has 0 saturated heterocycles. The van der Waals surface area contributed by atoms with Crippen molar-refractivity contribution in [2.45, 2.75) is 68.2 Å². The molecule has 1 nitrogen and oxygen atoms in total. The molecule has 0 fully saturated rings. The van der Waals surface area contributed by atoms with E-state index in [4.69, 9.17) is 0 Å². The van der Waals surface area contributed by atoms with E-state index in [0.29, 0.717) is 11.3 Å². The zero-order chi connectivity index (χ0) is 24.1. The van der Waals surface area contributed by atoms with Gasteiger partial charge in [0, 0.05) is 5.92 Å². The molecule has 1 rings (SSSR count). The molecule has 32 heavy (non-hydrogen) atoms. The molecule has 0 radical (unpaired) electrons. The van der Waals surface area contributed by atoms with Gasteiger partial charge in [0.1, 0.15) is 0 Å². The SMILES string of the molecule is CC(=O)/C(C)=C/C=C/C(C)=C/C=C/C=C(C)/C=C/C=C(C)/C=C/C1C(C)=CCCC1(C)C. The van der Waals surface area contributed by atoms with Gasteiger partial charge in [-0.3, -0.25) is 4.79 Å². The molecule has 1 heteroatoms. The van der Waals surface area contributed by atoms with Crippen molar-refractivity contribution in [2.24, 2.45) is 11.3 Å². The molecule has 0 spiro atoms. The lowest BCUT2D eigenvalue weighted by Crippen LogP contribution is -2.26.